The van der Waals surface area contributed by atoms with Gasteiger partial charge in [0, 0.05) is 24.7 Å². The van der Waals surface area contributed by atoms with E-state index < -0.39 is 4.92 Å². The second-order valence-corrected chi connectivity index (χ2v) is 5.50. The van der Waals surface area contributed by atoms with Gasteiger partial charge in [-0.05, 0) is 24.0 Å². The van der Waals surface area contributed by atoms with Crippen LogP contribution in [0.25, 0.3) is 0 Å². The number of carbonyl (C=O) groups is 1. The summed E-state index contributed by atoms with van der Waals surface area (Å²) in [6.07, 6.45) is 0. The quantitative estimate of drug-likeness (QED) is 0.619. The number of nitro benzene ring substituents is 1. The normalized spacial score (nSPS) is 22.6. The molecule has 1 aromatic rings. The van der Waals surface area contributed by atoms with E-state index in [1.54, 1.807) is 4.90 Å². The van der Waals surface area contributed by atoms with Crippen molar-refractivity contribution in [2.24, 2.45) is 11.8 Å². The molecule has 102 valence electrons. The fraction of sp³-hybridized carbons (Fsp3) is 0.462. The van der Waals surface area contributed by atoms with Crippen LogP contribution in [0.2, 0.25) is 5.02 Å². The van der Waals surface area contributed by atoms with Crippen molar-refractivity contribution in [1.29, 1.82) is 0 Å². The molecule has 6 heteroatoms. The number of nitro groups is 1. The summed E-state index contributed by atoms with van der Waals surface area (Å²) in [5.74, 6) is 0.822. The van der Waals surface area contributed by atoms with Crippen LogP contribution in [0.3, 0.4) is 0 Å². The fourth-order valence-corrected chi connectivity index (χ4v) is 2.52. The Morgan fingerprint density at radius 2 is 1.95 bits per heavy atom. The lowest BCUT2D eigenvalue weighted by Crippen LogP contribution is -2.28. The minimum atomic E-state index is -0.559. The first-order valence-corrected chi connectivity index (χ1v) is 6.51. The van der Waals surface area contributed by atoms with Gasteiger partial charge < -0.3 is 4.90 Å². The highest BCUT2D eigenvalue weighted by molar-refractivity contribution is 6.33. The molecule has 5 nitrogen and oxygen atoms in total. The highest BCUT2D eigenvalue weighted by Gasteiger charge is 2.30. The van der Waals surface area contributed by atoms with Gasteiger partial charge in [0.05, 0.1) is 4.92 Å². The average Bonchev–Trinajstić information content (AvgIpc) is 2.68. The Hall–Kier alpha value is -1.62. The molecular weight excluding hydrogens is 268 g/mol. The highest BCUT2D eigenvalue weighted by Crippen LogP contribution is 2.28. The largest absolute Gasteiger partial charge is 0.338 e. The van der Waals surface area contributed by atoms with E-state index in [0.29, 0.717) is 30.5 Å². The first-order chi connectivity index (χ1) is 8.90. The number of rotatable bonds is 2. The number of benzene rings is 1. The molecule has 1 fully saturated rings. The van der Waals surface area contributed by atoms with E-state index in [1.165, 1.54) is 18.2 Å². The maximum atomic E-state index is 12.3. The Morgan fingerprint density at radius 3 is 2.42 bits per heavy atom. The van der Waals surface area contributed by atoms with E-state index in [0.717, 1.165) is 0 Å². The standard InChI is InChI=1S/C13H15ClN2O3/c1-8-6-15(7-9(8)2)13(17)10-3-4-12(16(18)19)11(14)5-10/h3-5,8-9H,6-7H2,1-2H3. The average molecular weight is 283 g/mol. The van der Waals surface area contributed by atoms with Crippen molar-refractivity contribution in [2.75, 3.05) is 13.1 Å². The van der Waals surface area contributed by atoms with E-state index in [9.17, 15) is 14.9 Å². The van der Waals surface area contributed by atoms with E-state index in [2.05, 4.69) is 13.8 Å². The first-order valence-electron chi connectivity index (χ1n) is 6.13. The smallest absolute Gasteiger partial charge is 0.287 e. The minimum Gasteiger partial charge on any atom is -0.338 e. The number of hydrogen-bond acceptors (Lipinski definition) is 3. The van der Waals surface area contributed by atoms with Crippen molar-refractivity contribution in [3.63, 3.8) is 0 Å². The molecule has 0 spiro atoms. The van der Waals surface area contributed by atoms with Crippen LogP contribution in [0.15, 0.2) is 18.2 Å². The first kappa shape index (κ1) is 13.8. The van der Waals surface area contributed by atoms with Crippen LogP contribution in [0, 0.1) is 22.0 Å². The SMILES string of the molecule is CC1CN(C(=O)c2ccc([N+](=O)[O-])c(Cl)c2)CC1C. The third-order valence-corrected chi connectivity index (χ3v) is 3.97. The van der Waals surface area contributed by atoms with Crippen molar-refractivity contribution in [3.8, 4) is 0 Å². The second kappa shape index (κ2) is 5.17. The third kappa shape index (κ3) is 2.71. The molecular formula is C13H15ClN2O3. The predicted octanol–water partition coefficient (Wildman–Crippen LogP) is 2.98. The summed E-state index contributed by atoms with van der Waals surface area (Å²) in [7, 11) is 0. The van der Waals surface area contributed by atoms with E-state index in [4.69, 9.17) is 11.6 Å². The molecule has 1 aliphatic rings. The van der Waals surface area contributed by atoms with Gasteiger partial charge in [-0.3, -0.25) is 14.9 Å². The summed E-state index contributed by atoms with van der Waals surface area (Å²) >= 11 is 5.82. The molecule has 1 aliphatic heterocycles. The molecule has 1 heterocycles. The van der Waals surface area contributed by atoms with E-state index >= 15 is 0 Å². The van der Waals surface area contributed by atoms with Crippen LogP contribution in [0.4, 0.5) is 5.69 Å². The van der Waals surface area contributed by atoms with Crippen LogP contribution in [-0.2, 0) is 0 Å². The monoisotopic (exact) mass is 282 g/mol. The number of likely N-dealkylation sites (tertiary alicyclic amines) is 1. The lowest BCUT2D eigenvalue weighted by atomic mass is 10.0. The van der Waals surface area contributed by atoms with Gasteiger partial charge in [-0.15, -0.1) is 0 Å². The summed E-state index contributed by atoms with van der Waals surface area (Å²) in [4.78, 5) is 24.2. The summed E-state index contributed by atoms with van der Waals surface area (Å²) < 4.78 is 0. The topological polar surface area (TPSA) is 63.5 Å². The minimum absolute atomic E-state index is 0.00357. The van der Waals surface area contributed by atoms with E-state index in [-0.39, 0.29) is 16.6 Å². The molecule has 0 N–H and O–H groups in total. The number of amides is 1. The summed E-state index contributed by atoms with van der Waals surface area (Å²) in [6, 6.07) is 4.11. The van der Waals surface area contributed by atoms with Crippen LogP contribution in [0.1, 0.15) is 24.2 Å². The van der Waals surface area contributed by atoms with Gasteiger partial charge in [0.15, 0.2) is 0 Å². The number of carbonyl (C=O) groups excluding carboxylic acids is 1. The predicted molar refractivity (Wildman–Crippen MR) is 72.3 cm³/mol. The maximum absolute atomic E-state index is 12.3. The Kier molecular flexibility index (Phi) is 3.75. The molecule has 0 aromatic heterocycles. The van der Waals surface area contributed by atoms with E-state index in [1.807, 2.05) is 0 Å². The highest BCUT2D eigenvalue weighted by atomic mass is 35.5. The zero-order chi connectivity index (χ0) is 14.2. The van der Waals surface area contributed by atoms with Crippen molar-refractivity contribution in [3.05, 3.63) is 38.9 Å². The van der Waals surface area contributed by atoms with Gasteiger partial charge in [-0.2, -0.15) is 0 Å². The molecule has 0 bridgehead atoms. The summed E-state index contributed by atoms with van der Waals surface area (Å²) in [5, 5.41) is 10.7. The second-order valence-electron chi connectivity index (χ2n) is 5.09. The Morgan fingerprint density at radius 1 is 1.37 bits per heavy atom. The fourth-order valence-electron chi connectivity index (χ4n) is 2.27. The molecule has 0 aliphatic carbocycles. The molecule has 0 radical (unpaired) electrons. The lowest BCUT2D eigenvalue weighted by Gasteiger charge is -2.16. The Balaban J connectivity index is 2.21. The van der Waals surface area contributed by atoms with Crippen LogP contribution in [-0.4, -0.2) is 28.8 Å². The maximum Gasteiger partial charge on any atom is 0.287 e. The van der Waals surface area contributed by atoms with Crippen LogP contribution in [0.5, 0.6) is 0 Å². The number of halogens is 1. The Bertz CT molecular complexity index is 523. The van der Waals surface area contributed by atoms with Gasteiger partial charge in [-0.1, -0.05) is 25.4 Å². The molecule has 1 aromatic carbocycles. The van der Waals surface area contributed by atoms with Crippen LogP contribution >= 0.6 is 11.6 Å². The molecule has 1 amide bonds. The molecule has 0 saturated carbocycles. The summed E-state index contributed by atoms with van der Waals surface area (Å²) in [5.41, 5.74) is 0.221. The zero-order valence-electron chi connectivity index (χ0n) is 10.8. The molecule has 2 rings (SSSR count). The molecule has 1 saturated heterocycles. The van der Waals surface area contributed by atoms with Gasteiger partial charge in [-0.25, -0.2) is 0 Å². The third-order valence-electron chi connectivity index (χ3n) is 3.67. The number of hydrogen-bond donors (Lipinski definition) is 0. The zero-order valence-corrected chi connectivity index (χ0v) is 11.6. The Labute approximate surface area is 116 Å². The van der Waals surface area contributed by atoms with Crippen molar-refractivity contribution >= 4 is 23.2 Å². The van der Waals surface area contributed by atoms with Gasteiger partial charge in [0.2, 0.25) is 0 Å². The van der Waals surface area contributed by atoms with Gasteiger partial charge in [0.25, 0.3) is 11.6 Å². The van der Waals surface area contributed by atoms with Crippen molar-refractivity contribution in [2.45, 2.75) is 13.8 Å². The van der Waals surface area contributed by atoms with Crippen molar-refractivity contribution < 1.29 is 9.72 Å². The molecule has 2 atom stereocenters. The van der Waals surface area contributed by atoms with Crippen LogP contribution < -0.4 is 0 Å². The van der Waals surface area contributed by atoms with Gasteiger partial charge in [0.1, 0.15) is 5.02 Å². The molecule has 2 unspecified atom stereocenters. The molecule has 19 heavy (non-hydrogen) atoms. The lowest BCUT2D eigenvalue weighted by molar-refractivity contribution is -0.384. The summed E-state index contributed by atoms with van der Waals surface area (Å²) in [6.45, 7) is 5.66. The van der Waals surface area contributed by atoms with Crippen molar-refractivity contribution in [1.82, 2.24) is 4.90 Å². The number of nitrogens with zero attached hydrogens (tertiary/aromatic N) is 2. The van der Waals surface area contributed by atoms with Gasteiger partial charge >= 0.3 is 0 Å².